The van der Waals surface area contributed by atoms with Crippen LogP contribution in [0.1, 0.15) is 45.8 Å². The highest BCUT2D eigenvalue weighted by Gasteiger charge is 2.30. The van der Waals surface area contributed by atoms with Crippen LogP contribution in [0.3, 0.4) is 0 Å². The van der Waals surface area contributed by atoms with Gasteiger partial charge in [-0.15, -0.1) is 0 Å². The first kappa shape index (κ1) is 16.2. The first-order valence-corrected chi connectivity index (χ1v) is 8.11. The zero-order chi connectivity index (χ0) is 17.1. The molecule has 1 N–H and O–H groups in total. The van der Waals surface area contributed by atoms with Crippen LogP contribution in [0.2, 0.25) is 0 Å². The van der Waals surface area contributed by atoms with Gasteiger partial charge in [0.15, 0.2) is 0 Å². The lowest BCUT2D eigenvalue weighted by Gasteiger charge is -2.37. The van der Waals surface area contributed by atoms with Gasteiger partial charge in [0.05, 0.1) is 0 Å². The predicted molar refractivity (Wildman–Crippen MR) is 90.1 cm³/mol. The van der Waals surface area contributed by atoms with Gasteiger partial charge in [-0.2, -0.15) is 0 Å². The predicted octanol–water partition coefficient (Wildman–Crippen LogP) is 3.05. The Morgan fingerprint density at radius 3 is 2.46 bits per heavy atom. The zero-order valence-corrected chi connectivity index (χ0v) is 13.6. The Morgan fingerprint density at radius 2 is 1.79 bits per heavy atom. The van der Waals surface area contributed by atoms with Gasteiger partial charge in [-0.05, 0) is 36.0 Å². The minimum atomic E-state index is -1.12. The number of likely N-dealkylation sites (tertiary alicyclic amines) is 1. The van der Waals surface area contributed by atoms with Crippen molar-refractivity contribution in [3.05, 3.63) is 65.5 Å². The maximum Gasteiger partial charge on any atom is 0.354 e. The molecule has 0 saturated carbocycles. The van der Waals surface area contributed by atoms with E-state index in [-0.39, 0.29) is 17.3 Å². The Balaban J connectivity index is 1.72. The van der Waals surface area contributed by atoms with Crippen molar-refractivity contribution in [3.8, 4) is 0 Å². The Kier molecular flexibility index (Phi) is 4.60. The van der Waals surface area contributed by atoms with Crippen LogP contribution in [-0.4, -0.2) is 40.0 Å². The summed E-state index contributed by atoms with van der Waals surface area (Å²) in [6.07, 6.45) is 0.898. The van der Waals surface area contributed by atoms with Gasteiger partial charge >= 0.3 is 5.97 Å². The van der Waals surface area contributed by atoms with Crippen molar-refractivity contribution >= 4 is 11.9 Å². The van der Waals surface area contributed by atoms with Crippen LogP contribution in [-0.2, 0) is 0 Å². The molecule has 2 aromatic rings. The Morgan fingerprint density at radius 1 is 1.08 bits per heavy atom. The van der Waals surface area contributed by atoms with E-state index in [2.05, 4.69) is 24.0 Å². The van der Waals surface area contributed by atoms with Gasteiger partial charge in [-0.3, -0.25) is 4.79 Å². The highest BCUT2D eigenvalue weighted by atomic mass is 16.4. The van der Waals surface area contributed by atoms with E-state index in [9.17, 15) is 9.59 Å². The summed E-state index contributed by atoms with van der Waals surface area (Å²) in [5.74, 6) is -0.543. The van der Waals surface area contributed by atoms with Crippen molar-refractivity contribution < 1.29 is 14.7 Å². The van der Waals surface area contributed by atoms with Gasteiger partial charge in [-0.1, -0.05) is 43.3 Å². The molecule has 1 amide bonds. The van der Waals surface area contributed by atoms with Gasteiger partial charge in [0.25, 0.3) is 5.91 Å². The lowest BCUT2D eigenvalue weighted by atomic mass is 9.81. The van der Waals surface area contributed by atoms with Crippen molar-refractivity contribution in [2.75, 3.05) is 13.1 Å². The molecule has 1 aromatic carbocycles. The summed E-state index contributed by atoms with van der Waals surface area (Å²) in [4.78, 5) is 29.4. The zero-order valence-electron chi connectivity index (χ0n) is 13.6. The summed E-state index contributed by atoms with van der Waals surface area (Å²) < 4.78 is 0. The number of nitrogens with zero attached hydrogens (tertiary/aromatic N) is 2. The number of pyridine rings is 1. The molecule has 2 heterocycles. The molecular formula is C19H20N2O3. The Bertz CT molecular complexity index is 745. The fourth-order valence-corrected chi connectivity index (χ4v) is 3.36. The van der Waals surface area contributed by atoms with Gasteiger partial charge in [0, 0.05) is 13.1 Å². The average Bonchev–Trinajstić information content (AvgIpc) is 2.62. The third kappa shape index (κ3) is 3.30. The van der Waals surface area contributed by atoms with Gasteiger partial charge in [0.2, 0.25) is 0 Å². The maximum atomic E-state index is 12.6. The lowest BCUT2D eigenvalue weighted by Crippen LogP contribution is -2.42. The summed E-state index contributed by atoms with van der Waals surface area (Å²) in [6.45, 7) is 3.46. The van der Waals surface area contributed by atoms with E-state index in [4.69, 9.17) is 5.11 Å². The molecule has 1 aromatic heterocycles. The third-order valence-electron chi connectivity index (χ3n) is 4.61. The van der Waals surface area contributed by atoms with Gasteiger partial charge in [0.1, 0.15) is 11.4 Å². The number of aromatic nitrogens is 1. The molecule has 3 rings (SSSR count). The molecule has 0 bridgehead atoms. The quantitative estimate of drug-likeness (QED) is 0.942. The second-order valence-corrected chi connectivity index (χ2v) is 6.25. The number of benzene rings is 1. The van der Waals surface area contributed by atoms with E-state index < -0.39 is 5.97 Å². The topological polar surface area (TPSA) is 70.5 Å². The highest BCUT2D eigenvalue weighted by molar-refractivity contribution is 5.94. The Labute approximate surface area is 140 Å². The van der Waals surface area contributed by atoms with Crippen molar-refractivity contribution in [2.24, 2.45) is 5.92 Å². The minimum Gasteiger partial charge on any atom is -0.477 e. The van der Waals surface area contributed by atoms with E-state index in [1.54, 1.807) is 17.0 Å². The summed E-state index contributed by atoms with van der Waals surface area (Å²) in [5.41, 5.74) is 1.40. The number of hydrogen-bond acceptors (Lipinski definition) is 3. The van der Waals surface area contributed by atoms with Crippen molar-refractivity contribution in [1.82, 2.24) is 9.88 Å². The molecule has 24 heavy (non-hydrogen) atoms. The van der Waals surface area contributed by atoms with E-state index in [1.807, 2.05) is 18.2 Å². The van der Waals surface area contributed by atoms with Crippen LogP contribution in [0.4, 0.5) is 0 Å². The van der Waals surface area contributed by atoms with Crippen LogP contribution >= 0.6 is 0 Å². The van der Waals surface area contributed by atoms with Crippen LogP contribution in [0.15, 0.2) is 48.5 Å². The van der Waals surface area contributed by atoms with E-state index >= 15 is 0 Å². The molecule has 0 spiro atoms. The number of carboxylic acid groups (broad SMARTS) is 1. The molecule has 1 aliphatic heterocycles. The number of rotatable bonds is 3. The molecular weight excluding hydrogens is 304 g/mol. The summed E-state index contributed by atoms with van der Waals surface area (Å²) >= 11 is 0. The largest absolute Gasteiger partial charge is 0.477 e. The Hall–Kier alpha value is -2.69. The monoisotopic (exact) mass is 324 g/mol. The number of carbonyl (C=O) groups excluding carboxylic acids is 1. The standard InChI is InChI=1S/C19H20N2O3/c1-13-12-21(11-10-15(13)14-6-3-2-4-7-14)18(22)16-8-5-9-17(20-16)19(23)24/h2-9,13,15H,10-12H2,1H3,(H,23,24). The molecule has 2 unspecified atom stereocenters. The number of aromatic carboxylic acids is 1. The highest BCUT2D eigenvalue weighted by Crippen LogP contribution is 2.33. The fourth-order valence-electron chi connectivity index (χ4n) is 3.36. The molecule has 5 heteroatoms. The van der Waals surface area contributed by atoms with Gasteiger partial charge in [-0.25, -0.2) is 9.78 Å². The lowest BCUT2D eigenvalue weighted by molar-refractivity contribution is 0.0653. The summed E-state index contributed by atoms with van der Waals surface area (Å²) in [5, 5.41) is 9.02. The molecule has 2 atom stereocenters. The molecule has 1 fully saturated rings. The molecule has 1 saturated heterocycles. The molecule has 0 aliphatic carbocycles. The first-order valence-electron chi connectivity index (χ1n) is 8.11. The first-order chi connectivity index (χ1) is 11.6. The van der Waals surface area contributed by atoms with E-state index in [0.717, 1.165) is 6.42 Å². The maximum absolute atomic E-state index is 12.6. The van der Waals surface area contributed by atoms with Crippen LogP contribution in [0.25, 0.3) is 0 Å². The van der Waals surface area contributed by atoms with Crippen molar-refractivity contribution in [2.45, 2.75) is 19.3 Å². The summed E-state index contributed by atoms with van der Waals surface area (Å²) in [7, 11) is 0. The van der Waals surface area contributed by atoms with E-state index in [0.29, 0.717) is 24.9 Å². The van der Waals surface area contributed by atoms with Gasteiger partial charge < -0.3 is 10.0 Å². The number of piperidine rings is 1. The normalized spacial score (nSPS) is 20.6. The average molecular weight is 324 g/mol. The SMILES string of the molecule is CC1CN(C(=O)c2cccc(C(=O)O)n2)CCC1c1ccccc1. The number of carboxylic acids is 1. The van der Waals surface area contributed by atoms with Crippen molar-refractivity contribution in [3.63, 3.8) is 0 Å². The second kappa shape index (κ2) is 6.83. The smallest absolute Gasteiger partial charge is 0.354 e. The fraction of sp³-hybridized carbons (Fsp3) is 0.316. The number of amides is 1. The van der Waals surface area contributed by atoms with Crippen LogP contribution < -0.4 is 0 Å². The molecule has 5 nitrogen and oxygen atoms in total. The minimum absolute atomic E-state index is 0.104. The summed E-state index contributed by atoms with van der Waals surface area (Å²) in [6, 6.07) is 14.9. The third-order valence-corrected chi connectivity index (χ3v) is 4.61. The second-order valence-electron chi connectivity index (χ2n) is 6.25. The van der Waals surface area contributed by atoms with E-state index in [1.165, 1.54) is 11.6 Å². The van der Waals surface area contributed by atoms with Crippen LogP contribution in [0, 0.1) is 5.92 Å². The molecule has 1 aliphatic rings. The van der Waals surface area contributed by atoms with Crippen molar-refractivity contribution in [1.29, 1.82) is 0 Å². The number of hydrogen-bond donors (Lipinski definition) is 1. The van der Waals surface area contributed by atoms with Crippen LogP contribution in [0.5, 0.6) is 0 Å². The number of carbonyl (C=O) groups is 2. The molecule has 0 radical (unpaired) electrons. The molecule has 124 valence electrons.